The number of hydrogen-bond donors (Lipinski definition) is 9. The number of benzene rings is 1. The number of amides is 3. The molecule has 1 heterocycles. The van der Waals surface area contributed by atoms with E-state index in [2.05, 4.69) is 33.6 Å². The van der Waals surface area contributed by atoms with E-state index in [1.54, 1.807) is 30.5 Å². The van der Waals surface area contributed by atoms with E-state index >= 15 is 0 Å². The number of aliphatic carboxylic acids is 2. The monoisotopic (exact) mass is 509 g/mol. The average Bonchev–Trinajstić information content (AvgIpc) is 3.23. The largest absolute Gasteiger partial charge is 0.481 e. The van der Waals surface area contributed by atoms with E-state index in [1.165, 1.54) is 0 Å². The molecule has 2 aromatic rings. The number of carbonyl (C=O) groups is 5. The highest BCUT2D eigenvalue weighted by atomic mass is 32.1. The number of carboxylic acid groups (broad SMARTS) is 2. The number of rotatable bonds is 13. The molecule has 35 heavy (non-hydrogen) atoms. The normalized spacial score (nSPS) is 14.4. The molecule has 1 aromatic heterocycles. The number of nitrogens with one attached hydrogen (secondary N) is 4. The standard InChI is InChI=1S/C21H27N5O8S/c22-12(9-35)18(30)24-15(6-17(28)29)20(32)25-14(19(31)26-16(8-27)21(33)34)5-10-7-23-13-4-2-1-3-11(10)13/h1-4,7,12,14-16,23,27,35H,5-6,8-9,22H2,(H,24,30)(H,25,32)(H,26,31)(H,28,29)(H,33,34). The molecule has 4 atom stereocenters. The number of thiol groups is 1. The van der Waals surface area contributed by atoms with Gasteiger partial charge < -0.3 is 42.0 Å². The van der Waals surface area contributed by atoms with Gasteiger partial charge in [0, 0.05) is 29.3 Å². The lowest BCUT2D eigenvalue weighted by Gasteiger charge is -2.24. The summed E-state index contributed by atoms with van der Waals surface area (Å²) in [6.07, 6.45) is 0.704. The van der Waals surface area contributed by atoms with Crippen LogP contribution < -0.4 is 21.7 Å². The van der Waals surface area contributed by atoms with Crippen molar-refractivity contribution in [2.75, 3.05) is 12.4 Å². The molecule has 13 nitrogen and oxygen atoms in total. The second kappa shape index (κ2) is 12.7. The summed E-state index contributed by atoms with van der Waals surface area (Å²) in [5, 5.41) is 35.0. The van der Waals surface area contributed by atoms with Crippen LogP contribution in [0.5, 0.6) is 0 Å². The summed E-state index contributed by atoms with van der Waals surface area (Å²) in [5.41, 5.74) is 6.93. The first kappa shape index (κ1) is 27.6. The topological polar surface area (TPSA) is 224 Å². The Morgan fingerprint density at radius 3 is 2.14 bits per heavy atom. The lowest BCUT2D eigenvalue weighted by Crippen LogP contribution is -2.58. The molecule has 0 spiro atoms. The molecule has 1 aromatic carbocycles. The van der Waals surface area contributed by atoms with Gasteiger partial charge >= 0.3 is 11.9 Å². The third kappa shape index (κ3) is 7.70. The Morgan fingerprint density at radius 2 is 1.54 bits per heavy atom. The van der Waals surface area contributed by atoms with E-state index in [-0.39, 0.29) is 12.2 Å². The van der Waals surface area contributed by atoms with Crippen molar-refractivity contribution in [2.24, 2.45) is 5.73 Å². The van der Waals surface area contributed by atoms with Crippen molar-refractivity contribution in [1.29, 1.82) is 0 Å². The molecule has 0 radical (unpaired) electrons. The van der Waals surface area contributed by atoms with Gasteiger partial charge in [-0.15, -0.1) is 0 Å². The molecular weight excluding hydrogens is 482 g/mol. The van der Waals surface area contributed by atoms with Crippen LogP contribution in [-0.4, -0.2) is 86.5 Å². The number of aromatic amines is 1. The fourth-order valence-corrected chi connectivity index (χ4v) is 3.37. The first-order chi connectivity index (χ1) is 16.6. The molecule has 0 bridgehead atoms. The zero-order valence-corrected chi connectivity index (χ0v) is 19.3. The predicted molar refractivity (Wildman–Crippen MR) is 127 cm³/mol. The van der Waals surface area contributed by atoms with E-state index < -0.39 is 66.9 Å². The van der Waals surface area contributed by atoms with Crippen molar-refractivity contribution in [3.8, 4) is 0 Å². The third-order valence-electron chi connectivity index (χ3n) is 5.07. The number of hydrogen-bond acceptors (Lipinski definition) is 8. The fourth-order valence-electron chi connectivity index (χ4n) is 3.21. The van der Waals surface area contributed by atoms with Crippen LogP contribution in [0.1, 0.15) is 12.0 Å². The van der Waals surface area contributed by atoms with Crippen LogP contribution in [0, 0.1) is 0 Å². The minimum atomic E-state index is -1.63. The van der Waals surface area contributed by atoms with Crippen molar-refractivity contribution in [3.05, 3.63) is 36.0 Å². The van der Waals surface area contributed by atoms with Crippen molar-refractivity contribution >= 4 is 53.2 Å². The first-order valence-electron chi connectivity index (χ1n) is 10.4. The number of carboxylic acids is 2. The Kier molecular flexibility index (Phi) is 10.1. The minimum absolute atomic E-state index is 0.0590. The van der Waals surface area contributed by atoms with Crippen LogP contribution in [0.2, 0.25) is 0 Å². The summed E-state index contributed by atoms with van der Waals surface area (Å²) < 4.78 is 0. The highest BCUT2D eigenvalue weighted by Gasteiger charge is 2.31. The minimum Gasteiger partial charge on any atom is -0.481 e. The van der Waals surface area contributed by atoms with Crippen molar-refractivity contribution in [3.63, 3.8) is 0 Å². The molecule has 4 unspecified atom stereocenters. The number of fused-ring (bicyclic) bond motifs is 1. The van der Waals surface area contributed by atoms with Crippen LogP contribution in [0.4, 0.5) is 0 Å². The summed E-state index contributed by atoms with van der Waals surface area (Å²) >= 11 is 3.89. The quantitative estimate of drug-likeness (QED) is 0.136. The number of aliphatic hydroxyl groups excluding tert-OH is 1. The summed E-state index contributed by atoms with van der Waals surface area (Å²) in [7, 11) is 0. The zero-order valence-electron chi connectivity index (χ0n) is 18.4. The molecule has 14 heteroatoms. The lowest BCUT2D eigenvalue weighted by molar-refractivity contribution is -0.144. The van der Waals surface area contributed by atoms with E-state index in [1.807, 2.05) is 0 Å². The maximum Gasteiger partial charge on any atom is 0.328 e. The van der Waals surface area contributed by atoms with Gasteiger partial charge in [0.25, 0.3) is 0 Å². The highest BCUT2D eigenvalue weighted by molar-refractivity contribution is 7.80. The smallest absolute Gasteiger partial charge is 0.328 e. The van der Waals surface area contributed by atoms with Crippen molar-refractivity contribution < 1.29 is 39.3 Å². The average molecular weight is 510 g/mol. The highest BCUT2D eigenvalue weighted by Crippen LogP contribution is 2.19. The number of para-hydroxylation sites is 1. The molecule has 190 valence electrons. The number of nitrogens with two attached hydrogens (primary N) is 1. The Balaban J connectivity index is 2.31. The second-order valence-corrected chi connectivity index (χ2v) is 8.02. The molecular formula is C21H27N5O8S. The van der Waals surface area contributed by atoms with Gasteiger partial charge in [0.1, 0.15) is 18.1 Å². The SMILES string of the molecule is NC(CS)C(=O)NC(CC(=O)O)C(=O)NC(Cc1c[nH]c2ccccc12)C(=O)NC(CO)C(=O)O. The molecule has 0 saturated heterocycles. The van der Waals surface area contributed by atoms with E-state index in [0.717, 1.165) is 10.9 Å². The molecule has 0 saturated carbocycles. The molecule has 0 aliphatic carbocycles. The Morgan fingerprint density at radius 1 is 0.943 bits per heavy atom. The predicted octanol–water partition coefficient (Wildman–Crippen LogP) is -2.03. The third-order valence-corrected chi connectivity index (χ3v) is 5.47. The molecule has 9 N–H and O–H groups in total. The van der Waals surface area contributed by atoms with Gasteiger partial charge in [-0.3, -0.25) is 19.2 Å². The summed E-state index contributed by atoms with van der Waals surface area (Å²) in [6, 6.07) is 1.45. The fraction of sp³-hybridized carbons (Fsp3) is 0.381. The van der Waals surface area contributed by atoms with E-state index in [4.69, 9.17) is 15.9 Å². The number of aromatic nitrogens is 1. The van der Waals surface area contributed by atoms with Gasteiger partial charge in [-0.1, -0.05) is 18.2 Å². The Hall–Kier alpha value is -3.62. The number of carbonyl (C=O) groups excluding carboxylic acids is 3. The molecule has 3 amide bonds. The maximum atomic E-state index is 12.9. The summed E-state index contributed by atoms with van der Waals surface area (Å²) in [5.74, 6) is -5.69. The number of aliphatic hydroxyl groups is 1. The molecule has 0 aliphatic heterocycles. The van der Waals surface area contributed by atoms with Crippen LogP contribution in [0.25, 0.3) is 10.9 Å². The summed E-state index contributed by atoms with van der Waals surface area (Å²) in [4.78, 5) is 63.5. The van der Waals surface area contributed by atoms with Crippen LogP contribution in [0.15, 0.2) is 30.5 Å². The second-order valence-electron chi connectivity index (χ2n) is 7.65. The number of H-pyrrole nitrogens is 1. The lowest BCUT2D eigenvalue weighted by atomic mass is 10.0. The van der Waals surface area contributed by atoms with Crippen molar-refractivity contribution in [1.82, 2.24) is 20.9 Å². The van der Waals surface area contributed by atoms with Gasteiger partial charge in [-0.05, 0) is 11.6 Å². The molecule has 2 rings (SSSR count). The van der Waals surface area contributed by atoms with Crippen LogP contribution in [0.3, 0.4) is 0 Å². The van der Waals surface area contributed by atoms with Crippen molar-refractivity contribution in [2.45, 2.75) is 37.0 Å². The van der Waals surface area contributed by atoms with E-state index in [9.17, 15) is 29.1 Å². The van der Waals surface area contributed by atoms with Gasteiger partial charge in [0.2, 0.25) is 17.7 Å². The first-order valence-corrected chi connectivity index (χ1v) is 11.1. The van der Waals surface area contributed by atoms with Gasteiger partial charge in [0.15, 0.2) is 0 Å². The van der Waals surface area contributed by atoms with Gasteiger partial charge in [-0.2, -0.15) is 12.6 Å². The zero-order chi connectivity index (χ0) is 26.1. The van der Waals surface area contributed by atoms with E-state index in [0.29, 0.717) is 5.56 Å². The molecule has 0 fully saturated rings. The van der Waals surface area contributed by atoms with Crippen LogP contribution >= 0.6 is 12.6 Å². The Bertz CT molecular complexity index is 1090. The molecule has 0 aliphatic rings. The van der Waals surface area contributed by atoms with Crippen LogP contribution in [-0.2, 0) is 30.4 Å². The maximum absolute atomic E-state index is 12.9. The summed E-state index contributed by atoms with van der Waals surface area (Å²) in [6.45, 7) is -0.895. The van der Waals surface area contributed by atoms with Gasteiger partial charge in [0.05, 0.1) is 19.1 Å². The van der Waals surface area contributed by atoms with Gasteiger partial charge in [-0.25, -0.2) is 4.79 Å². The Labute approximate surface area is 204 Å².